The first-order chi connectivity index (χ1) is 12.9. The maximum atomic E-state index is 12.2. The maximum absolute atomic E-state index is 12.2. The molecule has 142 valence electrons. The summed E-state index contributed by atoms with van der Waals surface area (Å²) < 4.78 is 31.6. The minimum atomic E-state index is -3.76. The number of aryl methyl sites for hydroxylation is 1. The molecule has 0 aliphatic heterocycles. The van der Waals surface area contributed by atoms with Gasteiger partial charge >= 0.3 is 5.97 Å². The zero-order valence-corrected chi connectivity index (χ0v) is 15.8. The lowest BCUT2D eigenvalue weighted by molar-refractivity contribution is 0.0474. The molecule has 0 aromatic heterocycles. The molecule has 1 N–H and O–H groups in total. The van der Waals surface area contributed by atoms with Crippen LogP contribution in [-0.4, -0.2) is 33.3 Å². The summed E-state index contributed by atoms with van der Waals surface area (Å²) in [6.07, 6.45) is 2.28. The Morgan fingerprint density at radius 1 is 1.11 bits per heavy atom. The summed E-state index contributed by atoms with van der Waals surface area (Å²) in [5.41, 5.74) is 1.60. The first-order valence-corrected chi connectivity index (χ1v) is 9.85. The van der Waals surface area contributed by atoms with Crippen molar-refractivity contribution in [1.29, 1.82) is 0 Å². The second kappa shape index (κ2) is 9.25. The average Bonchev–Trinajstić information content (AvgIpc) is 2.70. The molecule has 0 spiro atoms. The zero-order valence-electron chi connectivity index (χ0n) is 15.0. The van der Waals surface area contributed by atoms with Crippen LogP contribution in [0.2, 0.25) is 0 Å². The predicted molar refractivity (Wildman–Crippen MR) is 102 cm³/mol. The lowest BCUT2D eigenvalue weighted by Crippen LogP contribution is -2.24. The number of nitrogens with one attached hydrogen (secondary N) is 1. The maximum Gasteiger partial charge on any atom is 0.338 e. The van der Waals surface area contributed by atoms with Gasteiger partial charge in [-0.05, 0) is 30.2 Å². The Kier molecular flexibility index (Phi) is 7.04. The van der Waals surface area contributed by atoms with Crippen LogP contribution in [0.15, 0.2) is 66.1 Å². The van der Waals surface area contributed by atoms with E-state index in [0.717, 1.165) is 12.0 Å². The molecule has 2 aromatic carbocycles. The largest absolute Gasteiger partial charge is 0.454 e. The molecule has 0 heterocycles. The van der Waals surface area contributed by atoms with E-state index in [1.807, 2.05) is 19.1 Å². The first kappa shape index (κ1) is 20.5. The van der Waals surface area contributed by atoms with Crippen molar-refractivity contribution in [2.24, 2.45) is 0 Å². The van der Waals surface area contributed by atoms with E-state index in [1.54, 1.807) is 12.1 Å². The highest BCUT2D eigenvalue weighted by Gasteiger charge is 2.17. The van der Waals surface area contributed by atoms with Gasteiger partial charge in [-0.2, -0.15) is 0 Å². The highest BCUT2D eigenvalue weighted by atomic mass is 32.2. The van der Waals surface area contributed by atoms with Crippen molar-refractivity contribution >= 4 is 21.8 Å². The number of hydrogen-bond donors (Lipinski definition) is 1. The van der Waals surface area contributed by atoms with Crippen LogP contribution in [-0.2, 0) is 21.2 Å². The highest BCUT2D eigenvalue weighted by molar-refractivity contribution is 7.89. The Balaban J connectivity index is 2.04. The molecule has 6 nitrogen and oxygen atoms in total. The molecule has 0 atom stereocenters. The Morgan fingerprint density at radius 3 is 2.44 bits per heavy atom. The standard InChI is InChI=1S/C20H21NO5S/c1-3-12-21-27(24,25)18-7-5-6-17(13-18)20(23)26-14-19(22)16-10-8-15(4-2)9-11-16/h3,5-11,13,21H,1,4,12,14H2,2H3. The quantitative estimate of drug-likeness (QED) is 0.406. The molecule has 0 unspecified atom stereocenters. The minimum Gasteiger partial charge on any atom is -0.454 e. The van der Waals surface area contributed by atoms with Crippen LogP contribution in [0.3, 0.4) is 0 Å². The molecule has 0 saturated heterocycles. The van der Waals surface area contributed by atoms with Crippen LogP contribution in [0, 0.1) is 0 Å². The van der Waals surface area contributed by atoms with Gasteiger partial charge in [-0.1, -0.05) is 43.3 Å². The van der Waals surface area contributed by atoms with E-state index in [1.165, 1.54) is 30.3 Å². The second-order valence-corrected chi connectivity index (χ2v) is 7.49. The monoisotopic (exact) mass is 387 g/mol. The summed E-state index contributed by atoms with van der Waals surface area (Å²) in [4.78, 5) is 24.2. The Labute approximate surface area is 158 Å². The highest BCUT2D eigenvalue weighted by Crippen LogP contribution is 2.13. The third-order valence-corrected chi connectivity index (χ3v) is 5.24. The fourth-order valence-corrected chi connectivity index (χ4v) is 3.31. The summed E-state index contributed by atoms with van der Waals surface area (Å²) in [7, 11) is -3.76. The van der Waals surface area contributed by atoms with E-state index in [9.17, 15) is 18.0 Å². The van der Waals surface area contributed by atoms with Gasteiger partial charge in [0.2, 0.25) is 10.0 Å². The Morgan fingerprint density at radius 2 is 1.81 bits per heavy atom. The summed E-state index contributed by atoms with van der Waals surface area (Å²) in [5, 5.41) is 0. The van der Waals surface area contributed by atoms with Crippen molar-refractivity contribution < 1.29 is 22.7 Å². The van der Waals surface area contributed by atoms with E-state index < -0.39 is 22.6 Å². The molecule has 2 aromatic rings. The summed E-state index contributed by atoms with van der Waals surface area (Å²) in [6.45, 7) is 5.11. The van der Waals surface area contributed by atoms with Crippen molar-refractivity contribution in [3.8, 4) is 0 Å². The van der Waals surface area contributed by atoms with E-state index in [4.69, 9.17) is 4.74 Å². The van der Waals surface area contributed by atoms with Crippen molar-refractivity contribution in [1.82, 2.24) is 4.72 Å². The molecule has 0 aliphatic carbocycles. The predicted octanol–water partition coefficient (Wildman–Crippen LogP) is 2.75. The summed E-state index contributed by atoms with van der Waals surface area (Å²) in [6, 6.07) is 12.5. The molecule has 7 heteroatoms. The number of benzene rings is 2. The number of rotatable bonds is 9. The van der Waals surface area contributed by atoms with Crippen molar-refractivity contribution in [2.45, 2.75) is 18.2 Å². The smallest absolute Gasteiger partial charge is 0.338 e. The lowest BCUT2D eigenvalue weighted by Gasteiger charge is -2.08. The number of ether oxygens (including phenoxy) is 1. The molecule has 0 fully saturated rings. The van der Waals surface area contributed by atoms with Crippen molar-refractivity contribution in [3.63, 3.8) is 0 Å². The molecule has 0 radical (unpaired) electrons. The third-order valence-electron chi connectivity index (χ3n) is 3.82. The van der Waals surface area contributed by atoms with Gasteiger partial charge in [0.15, 0.2) is 12.4 Å². The minimum absolute atomic E-state index is 0.0469. The second-order valence-electron chi connectivity index (χ2n) is 5.72. The van der Waals surface area contributed by atoms with Gasteiger partial charge in [-0.25, -0.2) is 17.9 Å². The van der Waals surface area contributed by atoms with Gasteiger partial charge < -0.3 is 4.74 Å². The first-order valence-electron chi connectivity index (χ1n) is 8.37. The zero-order chi connectivity index (χ0) is 19.9. The number of sulfonamides is 1. The molecular formula is C20H21NO5S. The topological polar surface area (TPSA) is 89.5 Å². The number of Topliss-reactive ketones (excluding diaryl/α,β-unsaturated/α-hetero) is 1. The number of hydrogen-bond acceptors (Lipinski definition) is 5. The van der Waals surface area contributed by atoms with Crippen molar-refractivity contribution in [2.75, 3.05) is 13.2 Å². The number of esters is 1. The van der Waals surface area contributed by atoms with Crippen LogP contribution < -0.4 is 4.72 Å². The van der Waals surface area contributed by atoms with Crippen molar-refractivity contribution in [3.05, 3.63) is 77.9 Å². The SMILES string of the molecule is C=CCNS(=O)(=O)c1cccc(C(=O)OCC(=O)c2ccc(CC)cc2)c1. The molecule has 27 heavy (non-hydrogen) atoms. The molecule has 0 saturated carbocycles. The van der Waals surface area contributed by atoms with E-state index in [-0.39, 0.29) is 22.8 Å². The van der Waals surface area contributed by atoms with Gasteiger partial charge in [0.25, 0.3) is 0 Å². The molecular weight excluding hydrogens is 366 g/mol. The summed E-state index contributed by atoms with van der Waals surface area (Å²) >= 11 is 0. The Bertz CT molecular complexity index is 933. The molecule has 0 bridgehead atoms. The van der Waals surface area contributed by atoms with Gasteiger partial charge in [0.05, 0.1) is 10.5 Å². The third kappa shape index (κ3) is 5.60. The Hall–Kier alpha value is -2.77. The fraction of sp³-hybridized carbons (Fsp3) is 0.200. The van der Waals surface area contributed by atoms with Crippen LogP contribution in [0.25, 0.3) is 0 Å². The lowest BCUT2D eigenvalue weighted by atomic mass is 10.1. The van der Waals surface area contributed by atoms with Crippen LogP contribution in [0.4, 0.5) is 0 Å². The normalized spacial score (nSPS) is 11.0. The van der Waals surface area contributed by atoms with Gasteiger partial charge in [-0.15, -0.1) is 6.58 Å². The van der Waals surface area contributed by atoms with Gasteiger partial charge in [0, 0.05) is 12.1 Å². The average molecular weight is 387 g/mol. The van der Waals surface area contributed by atoms with E-state index >= 15 is 0 Å². The van der Waals surface area contributed by atoms with Crippen LogP contribution in [0.1, 0.15) is 33.2 Å². The molecule has 0 aliphatic rings. The van der Waals surface area contributed by atoms with Gasteiger partial charge in [0.1, 0.15) is 0 Å². The van der Waals surface area contributed by atoms with E-state index in [2.05, 4.69) is 11.3 Å². The summed E-state index contributed by atoms with van der Waals surface area (Å²) in [5.74, 6) is -1.10. The van der Waals surface area contributed by atoms with Crippen LogP contribution in [0.5, 0.6) is 0 Å². The van der Waals surface area contributed by atoms with Crippen LogP contribution >= 0.6 is 0 Å². The molecule has 2 rings (SSSR count). The number of carbonyl (C=O) groups excluding carboxylic acids is 2. The van der Waals surface area contributed by atoms with Gasteiger partial charge in [-0.3, -0.25) is 4.79 Å². The van der Waals surface area contributed by atoms with E-state index in [0.29, 0.717) is 5.56 Å². The number of carbonyl (C=O) groups is 2. The fourth-order valence-electron chi connectivity index (χ4n) is 2.27. The molecule has 0 amide bonds. The number of ketones is 1.